The van der Waals surface area contributed by atoms with Gasteiger partial charge in [-0.15, -0.1) is 11.8 Å². The van der Waals surface area contributed by atoms with Crippen LogP contribution < -0.4 is 4.90 Å². The fourth-order valence-electron chi connectivity index (χ4n) is 4.84. The second kappa shape index (κ2) is 10.7. The molecule has 2 aromatic carbocycles. The topological polar surface area (TPSA) is 67.7 Å². The molecule has 7 nitrogen and oxygen atoms in total. The normalized spacial score (nSPS) is 18.3. The molecule has 0 bridgehead atoms. The summed E-state index contributed by atoms with van der Waals surface area (Å²) in [5.41, 5.74) is 2.15. The number of anilines is 1. The van der Waals surface area contributed by atoms with E-state index in [-0.39, 0.29) is 29.9 Å². The van der Waals surface area contributed by atoms with Crippen molar-refractivity contribution in [2.24, 2.45) is 0 Å². The molecule has 2 aliphatic rings. The summed E-state index contributed by atoms with van der Waals surface area (Å²) in [5.74, 6) is -0.194. The van der Waals surface area contributed by atoms with Crippen molar-refractivity contribution in [3.8, 4) is 5.69 Å². The minimum Gasteiger partial charge on any atom is -0.378 e. The average molecular weight is 557 g/mol. The summed E-state index contributed by atoms with van der Waals surface area (Å²) in [6.45, 7) is 7.84. The van der Waals surface area contributed by atoms with Crippen LogP contribution in [0.1, 0.15) is 42.8 Å². The summed E-state index contributed by atoms with van der Waals surface area (Å²) in [6.07, 6.45) is 0. The Morgan fingerprint density at radius 2 is 1.89 bits per heavy atom. The van der Waals surface area contributed by atoms with Crippen molar-refractivity contribution in [2.45, 2.75) is 31.4 Å². The van der Waals surface area contributed by atoms with Gasteiger partial charge < -0.3 is 9.64 Å². The zero-order valence-corrected chi connectivity index (χ0v) is 23.2. The molecule has 5 rings (SSSR count). The number of amides is 2. The van der Waals surface area contributed by atoms with Gasteiger partial charge in [0.2, 0.25) is 11.8 Å². The molecular weight excluding hydrogens is 527 g/mol. The number of nitrogens with zero attached hydrogens (tertiary/aromatic N) is 4. The molecule has 0 N–H and O–H groups in total. The Labute approximate surface area is 230 Å². The lowest BCUT2D eigenvalue weighted by atomic mass is 9.87. The molecule has 3 heterocycles. The van der Waals surface area contributed by atoms with Crippen molar-refractivity contribution in [1.29, 1.82) is 0 Å². The second-order valence-electron chi connectivity index (χ2n) is 10.4. The fourth-order valence-corrected chi connectivity index (χ4v) is 6.25. The predicted molar refractivity (Wildman–Crippen MR) is 148 cm³/mol. The standard InChI is InChI=1S/C28H30ClFN4O3S/c1-28(2,3)26-24-25(20-9-4-5-10-21(20)30)38-17-23(36)33(16-22(35)32-11-13-37-14-12-32)27(24)34(31-26)19-8-6-7-18(29)15-19/h4-10,15,25H,11-14,16-17H2,1-3H3. The average Bonchev–Trinajstić information content (AvgIpc) is 3.23. The van der Waals surface area contributed by atoms with E-state index in [1.165, 1.54) is 22.7 Å². The van der Waals surface area contributed by atoms with Crippen LogP contribution in [-0.2, 0) is 19.7 Å². The molecule has 38 heavy (non-hydrogen) atoms. The highest BCUT2D eigenvalue weighted by Gasteiger charge is 2.41. The van der Waals surface area contributed by atoms with Gasteiger partial charge in [0.05, 0.1) is 35.6 Å². The van der Waals surface area contributed by atoms with E-state index in [9.17, 15) is 9.59 Å². The van der Waals surface area contributed by atoms with Crippen molar-refractivity contribution in [3.05, 3.63) is 76.2 Å². The highest BCUT2D eigenvalue weighted by atomic mass is 35.5. The van der Waals surface area contributed by atoms with E-state index in [0.717, 1.165) is 11.3 Å². The van der Waals surface area contributed by atoms with Crippen molar-refractivity contribution < 1.29 is 18.7 Å². The predicted octanol–water partition coefficient (Wildman–Crippen LogP) is 4.99. The van der Waals surface area contributed by atoms with Crippen LogP contribution in [0.3, 0.4) is 0 Å². The molecule has 0 saturated carbocycles. The quantitative estimate of drug-likeness (QED) is 0.453. The van der Waals surface area contributed by atoms with Crippen molar-refractivity contribution in [3.63, 3.8) is 0 Å². The lowest BCUT2D eigenvalue weighted by Crippen LogP contribution is -2.48. The van der Waals surface area contributed by atoms with Crippen LogP contribution >= 0.6 is 23.4 Å². The number of halogens is 2. The number of hydrogen-bond acceptors (Lipinski definition) is 5. The lowest BCUT2D eigenvalue weighted by molar-refractivity contribution is -0.134. The van der Waals surface area contributed by atoms with Gasteiger partial charge in [-0.3, -0.25) is 14.5 Å². The van der Waals surface area contributed by atoms with Crippen molar-refractivity contribution in [2.75, 3.05) is 43.5 Å². The van der Waals surface area contributed by atoms with Crippen LogP contribution in [-0.4, -0.2) is 65.1 Å². The van der Waals surface area contributed by atoms with Crippen LogP contribution in [0, 0.1) is 5.82 Å². The third-order valence-electron chi connectivity index (χ3n) is 6.70. The van der Waals surface area contributed by atoms with E-state index >= 15 is 4.39 Å². The van der Waals surface area contributed by atoms with Gasteiger partial charge >= 0.3 is 0 Å². The van der Waals surface area contributed by atoms with E-state index in [4.69, 9.17) is 21.4 Å². The van der Waals surface area contributed by atoms with Gasteiger partial charge in [-0.2, -0.15) is 5.10 Å². The van der Waals surface area contributed by atoms with Crippen LogP contribution in [0.25, 0.3) is 5.69 Å². The van der Waals surface area contributed by atoms with E-state index in [1.54, 1.807) is 39.9 Å². The molecule has 3 aromatic rings. The van der Waals surface area contributed by atoms with Gasteiger partial charge in [0.1, 0.15) is 18.2 Å². The molecule has 1 fully saturated rings. The Balaban J connectivity index is 1.74. The number of aromatic nitrogens is 2. The summed E-state index contributed by atoms with van der Waals surface area (Å²) >= 11 is 7.71. The first kappa shape index (κ1) is 26.7. The Kier molecular flexibility index (Phi) is 7.53. The number of carbonyl (C=O) groups is 2. The van der Waals surface area contributed by atoms with E-state index in [1.807, 2.05) is 32.9 Å². The molecular formula is C28H30ClFN4O3S. The summed E-state index contributed by atoms with van der Waals surface area (Å²) in [6, 6.07) is 13.8. The molecule has 0 spiro atoms. The maximum absolute atomic E-state index is 15.2. The Hall–Kier alpha value is -2.88. The van der Waals surface area contributed by atoms with Crippen LogP contribution in [0.2, 0.25) is 5.02 Å². The van der Waals surface area contributed by atoms with E-state index < -0.39 is 10.7 Å². The van der Waals surface area contributed by atoms with Crippen LogP contribution in [0.4, 0.5) is 10.2 Å². The largest absolute Gasteiger partial charge is 0.378 e. The molecule has 1 unspecified atom stereocenters. The first-order valence-corrected chi connectivity index (χ1v) is 14.0. The molecule has 1 aromatic heterocycles. The van der Waals surface area contributed by atoms with Crippen molar-refractivity contribution >= 4 is 41.0 Å². The third kappa shape index (κ3) is 5.19. The minimum atomic E-state index is -0.499. The number of benzene rings is 2. The fraction of sp³-hybridized carbons (Fsp3) is 0.393. The van der Waals surface area contributed by atoms with Gasteiger partial charge in [-0.05, 0) is 24.3 Å². The number of thioether (sulfide) groups is 1. The van der Waals surface area contributed by atoms with Crippen LogP contribution in [0.5, 0.6) is 0 Å². The molecule has 1 saturated heterocycles. The van der Waals surface area contributed by atoms with E-state index in [2.05, 4.69) is 0 Å². The zero-order valence-electron chi connectivity index (χ0n) is 21.6. The Morgan fingerprint density at radius 3 is 2.58 bits per heavy atom. The summed E-state index contributed by atoms with van der Waals surface area (Å²) in [4.78, 5) is 30.4. The number of carbonyl (C=O) groups excluding carboxylic acids is 2. The Morgan fingerprint density at radius 1 is 1.16 bits per heavy atom. The third-order valence-corrected chi connectivity index (χ3v) is 8.17. The molecule has 200 valence electrons. The maximum atomic E-state index is 15.2. The summed E-state index contributed by atoms with van der Waals surface area (Å²) < 4.78 is 22.3. The second-order valence-corrected chi connectivity index (χ2v) is 11.9. The molecule has 10 heteroatoms. The highest BCUT2D eigenvalue weighted by Crippen LogP contribution is 2.49. The zero-order chi connectivity index (χ0) is 27.0. The first-order valence-electron chi connectivity index (χ1n) is 12.6. The van der Waals surface area contributed by atoms with Crippen LogP contribution in [0.15, 0.2) is 48.5 Å². The molecule has 2 aliphatic heterocycles. The number of ether oxygens (including phenoxy) is 1. The van der Waals surface area contributed by atoms with Crippen molar-refractivity contribution in [1.82, 2.24) is 14.7 Å². The molecule has 1 atom stereocenters. The smallest absolute Gasteiger partial charge is 0.242 e. The SMILES string of the molecule is CC(C)(C)c1nn(-c2cccc(Cl)c2)c2c1C(c1ccccc1F)SCC(=O)N2CC(=O)N1CCOCC1. The minimum absolute atomic E-state index is 0.0865. The van der Waals surface area contributed by atoms with Gasteiger partial charge in [-0.1, -0.05) is 56.6 Å². The number of hydrogen-bond donors (Lipinski definition) is 0. The van der Waals surface area contributed by atoms with Gasteiger partial charge in [0, 0.05) is 34.7 Å². The highest BCUT2D eigenvalue weighted by molar-refractivity contribution is 8.00. The molecule has 0 aliphatic carbocycles. The Bertz CT molecular complexity index is 1370. The van der Waals surface area contributed by atoms with Gasteiger partial charge in [0.15, 0.2) is 0 Å². The lowest BCUT2D eigenvalue weighted by Gasteiger charge is -2.30. The number of rotatable bonds is 4. The number of fused-ring (bicyclic) bond motifs is 1. The molecule has 0 radical (unpaired) electrons. The van der Waals surface area contributed by atoms with E-state index in [0.29, 0.717) is 48.4 Å². The maximum Gasteiger partial charge on any atom is 0.242 e. The van der Waals surface area contributed by atoms with Gasteiger partial charge in [0.25, 0.3) is 0 Å². The van der Waals surface area contributed by atoms with Gasteiger partial charge in [-0.25, -0.2) is 9.07 Å². The molecule has 2 amide bonds. The summed E-state index contributed by atoms with van der Waals surface area (Å²) in [7, 11) is 0. The first-order chi connectivity index (χ1) is 18.1. The number of morpholine rings is 1. The summed E-state index contributed by atoms with van der Waals surface area (Å²) in [5, 5.41) is 5.02. The monoisotopic (exact) mass is 556 g/mol.